The third kappa shape index (κ3) is 3.54. The highest BCUT2D eigenvalue weighted by Gasteiger charge is 2.31. The molecular formula is C13H17F3. The molecule has 0 atom stereocenters. The Balaban J connectivity index is 2.83. The summed E-state index contributed by atoms with van der Waals surface area (Å²) in [7, 11) is 0. The van der Waals surface area contributed by atoms with E-state index in [9.17, 15) is 13.2 Å². The number of hydrogen-bond acceptors (Lipinski definition) is 0. The van der Waals surface area contributed by atoms with Crippen molar-refractivity contribution in [3.05, 3.63) is 34.9 Å². The molecule has 0 heterocycles. The SMILES string of the molecule is Cc1cc(CCC(C)C)ccc1C(F)(F)F. The zero-order valence-corrected chi connectivity index (χ0v) is 9.86. The summed E-state index contributed by atoms with van der Waals surface area (Å²) < 4.78 is 37.5. The molecule has 3 heteroatoms. The Morgan fingerprint density at radius 2 is 1.81 bits per heavy atom. The highest BCUT2D eigenvalue weighted by molar-refractivity contribution is 5.33. The predicted molar refractivity (Wildman–Crippen MR) is 59.3 cm³/mol. The smallest absolute Gasteiger partial charge is 0.166 e. The van der Waals surface area contributed by atoms with Gasteiger partial charge in [0.05, 0.1) is 5.56 Å². The highest BCUT2D eigenvalue weighted by atomic mass is 19.4. The lowest BCUT2D eigenvalue weighted by molar-refractivity contribution is -0.138. The van der Waals surface area contributed by atoms with Crippen molar-refractivity contribution in [3.8, 4) is 0 Å². The molecule has 1 aromatic rings. The maximum atomic E-state index is 12.5. The van der Waals surface area contributed by atoms with Gasteiger partial charge in [-0.15, -0.1) is 0 Å². The molecule has 0 aliphatic rings. The number of hydrogen-bond donors (Lipinski definition) is 0. The molecule has 0 bridgehead atoms. The van der Waals surface area contributed by atoms with Gasteiger partial charge in [-0.1, -0.05) is 26.0 Å². The predicted octanol–water partition coefficient (Wildman–Crippen LogP) is 4.60. The van der Waals surface area contributed by atoms with Crippen molar-refractivity contribution in [2.24, 2.45) is 5.92 Å². The fourth-order valence-electron chi connectivity index (χ4n) is 1.65. The average molecular weight is 230 g/mol. The molecule has 90 valence electrons. The van der Waals surface area contributed by atoms with E-state index in [1.165, 1.54) is 13.0 Å². The van der Waals surface area contributed by atoms with Crippen molar-refractivity contribution in [1.29, 1.82) is 0 Å². The first kappa shape index (κ1) is 13.1. The van der Waals surface area contributed by atoms with E-state index >= 15 is 0 Å². The van der Waals surface area contributed by atoms with Crippen LogP contribution < -0.4 is 0 Å². The van der Waals surface area contributed by atoms with Gasteiger partial charge >= 0.3 is 6.18 Å². The first-order chi connectivity index (χ1) is 7.30. The summed E-state index contributed by atoms with van der Waals surface area (Å²) in [4.78, 5) is 0. The standard InChI is InChI=1S/C13H17F3/c1-9(2)4-5-11-6-7-12(10(3)8-11)13(14,15)16/h6-9H,4-5H2,1-3H3. The van der Waals surface area contributed by atoms with E-state index in [0.29, 0.717) is 11.5 Å². The van der Waals surface area contributed by atoms with Gasteiger partial charge in [-0.2, -0.15) is 13.2 Å². The van der Waals surface area contributed by atoms with Gasteiger partial charge in [-0.3, -0.25) is 0 Å². The van der Waals surface area contributed by atoms with Crippen molar-refractivity contribution >= 4 is 0 Å². The average Bonchev–Trinajstić information content (AvgIpc) is 2.12. The zero-order chi connectivity index (χ0) is 12.3. The van der Waals surface area contributed by atoms with Crippen LogP contribution in [-0.4, -0.2) is 0 Å². The fraction of sp³-hybridized carbons (Fsp3) is 0.538. The molecule has 0 amide bonds. The maximum Gasteiger partial charge on any atom is 0.416 e. The van der Waals surface area contributed by atoms with Crippen molar-refractivity contribution in [2.45, 2.75) is 39.8 Å². The Kier molecular flexibility index (Phi) is 4.00. The number of benzene rings is 1. The van der Waals surface area contributed by atoms with E-state index in [-0.39, 0.29) is 0 Å². The van der Waals surface area contributed by atoms with E-state index in [1.54, 1.807) is 12.1 Å². The lowest BCUT2D eigenvalue weighted by atomic mass is 9.99. The van der Waals surface area contributed by atoms with E-state index in [1.807, 2.05) is 0 Å². The van der Waals surface area contributed by atoms with Crippen molar-refractivity contribution in [2.75, 3.05) is 0 Å². The fourth-order valence-corrected chi connectivity index (χ4v) is 1.65. The number of aryl methyl sites for hydroxylation is 2. The van der Waals surface area contributed by atoms with Crippen LogP contribution in [0.5, 0.6) is 0 Å². The third-order valence-electron chi connectivity index (χ3n) is 2.61. The first-order valence-electron chi connectivity index (χ1n) is 5.47. The molecular weight excluding hydrogens is 213 g/mol. The van der Waals surface area contributed by atoms with Crippen LogP contribution in [0.2, 0.25) is 0 Å². The van der Waals surface area contributed by atoms with Crippen LogP contribution in [0, 0.1) is 12.8 Å². The van der Waals surface area contributed by atoms with Gasteiger partial charge < -0.3 is 0 Å². The van der Waals surface area contributed by atoms with Crippen LogP contribution in [0.25, 0.3) is 0 Å². The molecule has 0 nitrogen and oxygen atoms in total. The van der Waals surface area contributed by atoms with Gasteiger partial charge in [0, 0.05) is 0 Å². The molecule has 1 aromatic carbocycles. The Morgan fingerprint density at radius 1 is 1.19 bits per heavy atom. The molecule has 1 rings (SSSR count). The molecule has 0 aliphatic heterocycles. The summed E-state index contributed by atoms with van der Waals surface area (Å²) >= 11 is 0. The van der Waals surface area contributed by atoms with Crippen LogP contribution >= 0.6 is 0 Å². The molecule has 0 aromatic heterocycles. The largest absolute Gasteiger partial charge is 0.416 e. The molecule has 0 fully saturated rings. The minimum Gasteiger partial charge on any atom is -0.166 e. The second kappa shape index (κ2) is 4.89. The number of halogens is 3. The molecule has 0 saturated carbocycles. The summed E-state index contributed by atoms with van der Waals surface area (Å²) in [6, 6.07) is 4.41. The summed E-state index contributed by atoms with van der Waals surface area (Å²) in [6.45, 7) is 5.73. The maximum absolute atomic E-state index is 12.5. The lowest BCUT2D eigenvalue weighted by Crippen LogP contribution is -2.07. The summed E-state index contributed by atoms with van der Waals surface area (Å²) in [5.74, 6) is 0.572. The van der Waals surface area contributed by atoms with Crippen LogP contribution in [0.1, 0.15) is 37.0 Å². The Morgan fingerprint density at radius 3 is 2.25 bits per heavy atom. The highest BCUT2D eigenvalue weighted by Crippen LogP contribution is 2.32. The molecule has 0 unspecified atom stereocenters. The Labute approximate surface area is 94.5 Å². The topological polar surface area (TPSA) is 0 Å². The van der Waals surface area contributed by atoms with Gasteiger partial charge in [0.25, 0.3) is 0 Å². The molecule has 16 heavy (non-hydrogen) atoms. The summed E-state index contributed by atoms with van der Waals surface area (Å²) in [5, 5.41) is 0. The summed E-state index contributed by atoms with van der Waals surface area (Å²) in [5.41, 5.74) is 0.772. The minimum atomic E-state index is -4.24. The molecule has 0 saturated heterocycles. The molecule has 0 spiro atoms. The quantitative estimate of drug-likeness (QED) is 0.711. The van der Waals surface area contributed by atoms with Crippen LogP contribution in [0.15, 0.2) is 18.2 Å². The second-order valence-electron chi connectivity index (χ2n) is 4.58. The van der Waals surface area contributed by atoms with Gasteiger partial charge in [0.2, 0.25) is 0 Å². The number of alkyl halides is 3. The van der Waals surface area contributed by atoms with Gasteiger partial charge in [0.1, 0.15) is 0 Å². The summed E-state index contributed by atoms with van der Waals surface area (Å²) in [6.07, 6.45) is -2.39. The van der Waals surface area contributed by atoms with Crippen LogP contribution in [-0.2, 0) is 12.6 Å². The monoisotopic (exact) mass is 230 g/mol. The first-order valence-corrected chi connectivity index (χ1v) is 5.47. The van der Waals surface area contributed by atoms with E-state index in [4.69, 9.17) is 0 Å². The van der Waals surface area contributed by atoms with E-state index in [2.05, 4.69) is 13.8 Å². The van der Waals surface area contributed by atoms with Gasteiger partial charge in [-0.25, -0.2) is 0 Å². The van der Waals surface area contributed by atoms with Gasteiger partial charge in [-0.05, 0) is 42.9 Å². The Hall–Kier alpha value is -0.990. The van der Waals surface area contributed by atoms with Crippen LogP contribution in [0.4, 0.5) is 13.2 Å². The minimum absolute atomic E-state index is 0.314. The molecule has 0 radical (unpaired) electrons. The normalized spacial score (nSPS) is 12.2. The van der Waals surface area contributed by atoms with Crippen LogP contribution in [0.3, 0.4) is 0 Å². The van der Waals surface area contributed by atoms with Crippen molar-refractivity contribution in [3.63, 3.8) is 0 Å². The number of rotatable bonds is 3. The van der Waals surface area contributed by atoms with Gasteiger partial charge in [0.15, 0.2) is 0 Å². The second-order valence-corrected chi connectivity index (χ2v) is 4.58. The lowest BCUT2D eigenvalue weighted by Gasteiger charge is -2.12. The van der Waals surface area contributed by atoms with E-state index < -0.39 is 11.7 Å². The van der Waals surface area contributed by atoms with Crippen molar-refractivity contribution < 1.29 is 13.2 Å². The zero-order valence-electron chi connectivity index (χ0n) is 9.86. The Bertz CT molecular complexity index is 351. The van der Waals surface area contributed by atoms with Crippen molar-refractivity contribution in [1.82, 2.24) is 0 Å². The third-order valence-corrected chi connectivity index (χ3v) is 2.61. The molecule has 0 N–H and O–H groups in total. The molecule has 0 aliphatic carbocycles. The van der Waals surface area contributed by atoms with E-state index in [0.717, 1.165) is 18.4 Å².